The third-order valence-electron chi connectivity index (χ3n) is 5.42. The van der Waals surface area contributed by atoms with Crippen LogP contribution in [-0.4, -0.2) is 40.1 Å². The molecule has 0 spiro atoms. The molecule has 0 radical (unpaired) electrons. The zero-order valence-corrected chi connectivity index (χ0v) is 18.3. The summed E-state index contributed by atoms with van der Waals surface area (Å²) < 4.78 is 5.16. The van der Waals surface area contributed by atoms with Gasteiger partial charge in [0.25, 0.3) is 5.91 Å². The molecule has 6 nitrogen and oxygen atoms in total. The van der Waals surface area contributed by atoms with Crippen molar-refractivity contribution in [2.24, 2.45) is 5.73 Å². The number of likely N-dealkylation sites (tertiary alicyclic amines) is 1. The van der Waals surface area contributed by atoms with Gasteiger partial charge in [-0.3, -0.25) is 4.79 Å². The Morgan fingerprint density at radius 2 is 2.00 bits per heavy atom. The summed E-state index contributed by atoms with van der Waals surface area (Å²) in [5.74, 6) is -0.0196. The monoisotopic (exact) mass is 415 g/mol. The molecule has 29 heavy (non-hydrogen) atoms. The second kappa shape index (κ2) is 8.53. The van der Waals surface area contributed by atoms with Gasteiger partial charge in [0, 0.05) is 12.6 Å². The predicted octanol–water partition coefficient (Wildman–Crippen LogP) is 4.55. The summed E-state index contributed by atoms with van der Waals surface area (Å²) in [5.41, 5.74) is 7.34. The topological polar surface area (TPSA) is 85.5 Å². The Bertz CT molecular complexity index is 889. The van der Waals surface area contributed by atoms with Crippen molar-refractivity contribution in [2.45, 2.75) is 65.0 Å². The second-order valence-corrected chi connectivity index (χ2v) is 9.32. The van der Waals surface area contributed by atoms with Crippen LogP contribution in [0.5, 0.6) is 0 Å². The Morgan fingerprint density at radius 1 is 1.31 bits per heavy atom. The van der Waals surface area contributed by atoms with E-state index in [-0.39, 0.29) is 11.9 Å². The fourth-order valence-electron chi connectivity index (χ4n) is 3.64. The number of amides is 2. The Kier molecular flexibility index (Phi) is 6.27. The lowest BCUT2D eigenvalue weighted by Crippen LogP contribution is -2.52. The molecule has 2 N–H and O–H groups in total. The summed E-state index contributed by atoms with van der Waals surface area (Å²) in [6.45, 7) is 8.46. The number of rotatable bonds is 7. The summed E-state index contributed by atoms with van der Waals surface area (Å²) in [6.07, 6.45) is 2.57. The lowest BCUT2D eigenvalue weighted by atomic mass is 9.91. The van der Waals surface area contributed by atoms with Gasteiger partial charge >= 0.3 is 6.09 Å². The maximum absolute atomic E-state index is 13.2. The molecule has 0 saturated carbocycles. The Balaban J connectivity index is 1.73. The van der Waals surface area contributed by atoms with Gasteiger partial charge in [0.2, 0.25) is 0 Å². The van der Waals surface area contributed by atoms with Crippen LogP contribution in [0.3, 0.4) is 0 Å². The molecule has 7 heteroatoms. The van der Waals surface area contributed by atoms with Gasteiger partial charge in [-0.15, -0.1) is 11.3 Å². The number of hydrogen-bond acceptors (Lipinski definition) is 5. The lowest BCUT2D eigenvalue weighted by molar-refractivity contribution is 0.0154. The highest BCUT2D eigenvalue weighted by atomic mass is 32.1. The molecular formula is C22H29N3O3S. The van der Waals surface area contributed by atoms with Gasteiger partial charge in [0.1, 0.15) is 11.3 Å². The number of carbonyl (C=O) groups excluding carboxylic acids is 2. The zero-order valence-electron chi connectivity index (χ0n) is 17.5. The van der Waals surface area contributed by atoms with Gasteiger partial charge in [-0.25, -0.2) is 9.78 Å². The van der Waals surface area contributed by atoms with Crippen molar-refractivity contribution in [3.63, 3.8) is 0 Å². The first kappa shape index (κ1) is 21.3. The average Bonchev–Trinajstić information content (AvgIpc) is 3.01. The molecule has 1 unspecified atom stereocenters. The molecule has 1 atom stereocenters. The van der Waals surface area contributed by atoms with E-state index in [1.54, 1.807) is 11.3 Å². The second-order valence-electron chi connectivity index (χ2n) is 8.12. The maximum Gasteiger partial charge on any atom is 0.405 e. The highest BCUT2D eigenvalue weighted by Crippen LogP contribution is 2.34. The van der Waals surface area contributed by atoms with E-state index in [2.05, 4.69) is 36.2 Å². The third kappa shape index (κ3) is 4.96. The summed E-state index contributed by atoms with van der Waals surface area (Å²) in [7, 11) is 0. The summed E-state index contributed by atoms with van der Waals surface area (Å²) in [5, 5.41) is 0.885. The van der Waals surface area contributed by atoms with Crippen LogP contribution in [0.4, 0.5) is 4.79 Å². The van der Waals surface area contributed by atoms with E-state index in [0.29, 0.717) is 12.1 Å². The molecule has 0 bridgehead atoms. The van der Waals surface area contributed by atoms with E-state index in [0.717, 1.165) is 41.3 Å². The highest BCUT2D eigenvalue weighted by Gasteiger charge is 2.36. The van der Waals surface area contributed by atoms with E-state index in [1.807, 2.05) is 25.7 Å². The van der Waals surface area contributed by atoms with Crippen LogP contribution in [0, 0.1) is 6.92 Å². The van der Waals surface area contributed by atoms with E-state index in [4.69, 9.17) is 10.5 Å². The van der Waals surface area contributed by atoms with Crippen LogP contribution in [0.15, 0.2) is 24.3 Å². The highest BCUT2D eigenvalue weighted by molar-refractivity contribution is 7.15. The van der Waals surface area contributed by atoms with Crippen molar-refractivity contribution in [1.82, 2.24) is 9.88 Å². The lowest BCUT2D eigenvalue weighted by Gasteiger charge is -2.42. The van der Waals surface area contributed by atoms with Gasteiger partial charge in [0.05, 0.1) is 9.88 Å². The number of nitrogens with zero attached hydrogens (tertiary/aromatic N) is 2. The standard InChI is InChI=1S/C22H29N3O3S/c1-5-15-6-8-16(9-7-15)19-18(24-14(2)29-19)20(26)25-13-11-17(25)10-12-22(3,4)28-21(23)27/h6-9,17H,5,10-13H2,1-4H3,(H2,23,27). The molecule has 1 aliphatic rings. The van der Waals surface area contributed by atoms with E-state index in [9.17, 15) is 9.59 Å². The van der Waals surface area contributed by atoms with E-state index >= 15 is 0 Å². The molecule has 2 heterocycles. The van der Waals surface area contributed by atoms with Crippen molar-refractivity contribution in [3.05, 3.63) is 40.5 Å². The van der Waals surface area contributed by atoms with Gasteiger partial charge in [0.15, 0.2) is 0 Å². The first-order valence-electron chi connectivity index (χ1n) is 10.1. The van der Waals surface area contributed by atoms with Gasteiger partial charge in [-0.05, 0) is 57.6 Å². The molecule has 156 valence electrons. The quantitative estimate of drug-likeness (QED) is 0.719. The summed E-state index contributed by atoms with van der Waals surface area (Å²) in [6, 6.07) is 8.48. The van der Waals surface area contributed by atoms with E-state index in [1.165, 1.54) is 5.56 Å². The van der Waals surface area contributed by atoms with Crippen LogP contribution in [0.25, 0.3) is 10.4 Å². The van der Waals surface area contributed by atoms with Gasteiger partial charge in [-0.1, -0.05) is 31.2 Å². The molecule has 1 saturated heterocycles. The van der Waals surface area contributed by atoms with Crippen LogP contribution in [-0.2, 0) is 11.2 Å². The number of nitrogens with two attached hydrogens (primary N) is 1. The number of aromatic nitrogens is 1. The van der Waals surface area contributed by atoms with Crippen LogP contribution in [0.1, 0.15) is 61.1 Å². The minimum Gasteiger partial charge on any atom is -0.444 e. The van der Waals surface area contributed by atoms with Crippen LogP contribution in [0.2, 0.25) is 0 Å². The number of thiazole rings is 1. The fraction of sp³-hybridized carbons (Fsp3) is 0.500. The summed E-state index contributed by atoms with van der Waals surface area (Å²) >= 11 is 1.56. The molecule has 1 aromatic carbocycles. The molecule has 1 fully saturated rings. The minimum atomic E-state index is -0.770. The minimum absolute atomic E-state index is 0.0196. The average molecular weight is 416 g/mol. The molecule has 0 aliphatic carbocycles. The van der Waals surface area contributed by atoms with E-state index < -0.39 is 11.7 Å². The fourth-order valence-corrected chi connectivity index (χ4v) is 4.56. The Labute approximate surface area is 176 Å². The van der Waals surface area contributed by atoms with Crippen LogP contribution < -0.4 is 5.73 Å². The first-order chi connectivity index (χ1) is 13.7. The first-order valence-corrected chi connectivity index (χ1v) is 10.9. The smallest absolute Gasteiger partial charge is 0.405 e. The Hall–Kier alpha value is -2.41. The molecule has 1 aliphatic heterocycles. The number of ether oxygens (including phenoxy) is 1. The molecule has 2 amide bonds. The molecular weight excluding hydrogens is 386 g/mol. The van der Waals surface area contributed by atoms with Gasteiger partial charge < -0.3 is 15.4 Å². The maximum atomic E-state index is 13.2. The number of hydrogen-bond donors (Lipinski definition) is 1. The normalized spacial score (nSPS) is 16.4. The van der Waals surface area contributed by atoms with Crippen molar-refractivity contribution in [1.29, 1.82) is 0 Å². The number of benzene rings is 1. The van der Waals surface area contributed by atoms with Crippen molar-refractivity contribution >= 4 is 23.3 Å². The Morgan fingerprint density at radius 3 is 2.55 bits per heavy atom. The summed E-state index contributed by atoms with van der Waals surface area (Å²) in [4.78, 5) is 31.7. The van der Waals surface area contributed by atoms with Crippen LogP contribution >= 0.6 is 11.3 Å². The molecule has 3 rings (SSSR count). The van der Waals surface area contributed by atoms with Crippen molar-refractivity contribution in [2.75, 3.05) is 6.54 Å². The number of carbonyl (C=O) groups is 2. The number of aryl methyl sites for hydroxylation is 2. The predicted molar refractivity (Wildman–Crippen MR) is 115 cm³/mol. The molecule has 2 aromatic rings. The zero-order chi connectivity index (χ0) is 21.2. The van der Waals surface area contributed by atoms with Gasteiger partial charge in [-0.2, -0.15) is 0 Å². The SMILES string of the molecule is CCc1ccc(-c2sc(C)nc2C(=O)N2CCC2CCC(C)(C)OC(N)=O)cc1. The van der Waals surface area contributed by atoms with Crippen molar-refractivity contribution in [3.8, 4) is 10.4 Å². The number of primary amides is 1. The third-order valence-corrected chi connectivity index (χ3v) is 6.44. The molecule has 1 aromatic heterocycles. The van der Waals surface area contributed by atoms with Crippen molar-refractivity contribution < 1.29 is 14.3 Å². The largest absolute Gasteiger partial charge is 0.444 e.